The summed E-state index contributed by atoms with van der Waals surface area (Å²) in [5, 5.41) is 10.6. The van der Waals surface area contributed by atoms with Crippen LogP contribution in [0, 0.1) is 10.1 Å². The van der Waals surface area contributed by atoms with E-state index in [4.69, 9.17) is 0 Å². The average Bonchev–Trinajstić information content (AvgIpc) is 2.60. The molecule has 0 aromatic carbocycles. The van der Waals surface area contributed by atoms with Crippen molar-refractivity contribution < 1.29 is 14.5 Å². The van der Waals surface area contributed by atoms with Crippen molar-refractivity contribution >= 4 is 11.7 Å². The minimum Gasteiger partial charge on any atom is -0.451 e. The summed E-state index contributed by atoms with van der Waals surface area (Å²) in [5.74, 6) is -1.02. The highest BCUT2D eigenvalue weighted by atomic mass is 16.6. The molecule has 1 amide bonds. The maximum Gasteiger partial charge on any atom is 0.389 e. The topological polar surface area (TPSA) is 101 Å². The second kappa shape index (κ2) is 3.95. The summed E-state index contributed by atoms with van der Waals surface area (Å²) in [7, 11) is 4.26. The smallest absolute Gasteiger partial charge is 0.389 e. The van der Waals surface area contributed by atoms with E-state index in [0.717, 1.165) is 0 Å². The summed E-state index contributed by atoms with van der Waals surface area (Å²) in [4.78, 5) is 28.5. The van der Waals surface area contributed by atoms with Gasteiger partial charge >= 0.3 is 11.8 Å². The molecule has 1 N–H and O–H groups in total. The summed E-state index contributed by atoms with van der Waals surface area (Å²) in [6.45, 7) is 0. The zero-order valence-electron chi connectivity index (χ0n) is 8.47. The number of hydrogen-bond donors (Lipinski definition) is 1. The van der Waals surface area contributed by atoms with Gasteiger partial charge < -0.3 is 19.8 Å². The first-order chi connectivity index (χ1) is 6.97. The van der Waals surface area contributed by atoms with Gasteiger partial charge in [0.05, 0.1) is 7.11 Å². The fourth-order valence-corrected chi connectivity index (χ4v) is 0.933. The van der Waals surface area contributed by atoms with Crippen LogP contribution in [0.4, 0.5) is 5.82 Å². The third-order valence-electron chi connectivity index (χ3n) is 1.65. The quantitative estimate of drug-likeness (QED) is 0.564. The minimum absolute atomic E-state index is 0.0631. The van der Waals surface area contributed by atoms with E-state index in [1.807, 2.05) is 0 Å². The lowest BCUT2D eigenvalue weighted by molar-refractivity contribution is -0.389. The summed E-state index contributed by atoms with van der Waals surface area (Å²) in [6, 6.07) is -0.0631. The molecule has 0 saturated heterocycles. The lowest BCUT2D eigenvalue weighted by Crippen LogP contribution is -2.22. The molecule has 15 heavy (non-hydrogen) atoms. The van der Waals surface area contributed by atoms with Gasteiger partial charge in [-0.25, -0.2) is 0 Å². The van der Waals surface area contributed by atoms with Gasteiger partial charge in [-0.1, -0.05) is 0 Å². The number of nitrogens with zero attached hydrogens (tertiary/aromatic N) is 3. The second-order valence-electron chi connectivity index (χ2n) is 2.90. The first-order valence-electron chi connectivity index (χ1n) is 3.97. The first kappa shape index (κ1) is 11.0. The first-order valence-corrected chi connectivity index (χ1v) is 3.97. The molecular formula is C7H10N4O4. The van der Waals surface area contributed by atoms with Crippen LogP contribution in [0.15, 0.2) is 0 Å². The van der Waals surface area contributed by atoms with Crippen molar-refractivity contribution in [2.24, 2.45) is 0 Å². The van der Waals surface area contributed by atoms with Crippen molar-refractivity contribution in [3.05, 3.63) is 15.8 Å². The normalized spacial score (nSPS) is 9.80. The third kappa shape index (κ3) is 2.03. The van der Waals surface area contributed by atoms with Crippen molar-refractivity contribution in [2.45, 2.75) is 0 Å². The van der Waals surface area contributed by atoms with E-state index in [9.17, 15) is 14.9 Å². The van der Waals surface area contributed by atoms with Crippen LogP contribution in [0.1, 0.15) is 10.5 Å². The van der Waals surface area contributed by atoms with Crippen LogP contribution in [0.25, 0.3) is 0 Å². The number of amides is 1. The van der Waals surface area contributed by atoms with E-state index in [1.54, 1.807) is 0 Å². The molecule has 0 aliphatic rings. The molecule has 0 atom stereocenters. The number of H-pyrrole nitrogens is 1. The zero-order valence-corrected chi connectivity index (χ0v) is 8.47. The lowest BCUT2D eigenvalue weighted by atomic mass is 10.4. The van der Waals surface area contributed by atoms with Gasteiger partial charge in [0.1, 0.15) is 0 Å². The number of nitrogens with one attached hydrogen (secondary N) is 1. The Hall–Kier alpha value is -2.12. The molecule has 0 bridgehead atoms. The molecule has 1 heterocycles. The highest BCUT2D eigenvalue weighted by Gasteiger charge is 2.27. The summed E-state index contributed by atoms with van der Waals surface area (Å²) < 4.78 is 4.67. The molecule has 0 saturated carbocycles. The maximum atomic E-state index is 11.5. The standard InChI is InChI=1S/C7H10N4O4/c1-10(2)6(12)4-5(11(13)14)9-7(8-4)15-3/h1-3H3,(H,8,9). The van der Waals surface area contributed by atoms with Gasteiger partial charge in [-0.05, 0) is 4.92 Å². The van der Waals surface area contributed by atoms with Crippen LogP contribution in [-0.2, 0) is 0 Å². The van der Waals surface area contributed by atoms with Gasteiger partial charge in [-0.15, -0.1) is 0 Å². The molecule has 8 nitrogen and oxygen atoms in total. The molecule has 1 rings (SSSR count). The fraction of sp³-hybridized carbons (Fsp3) is 0.429. The fourth-order valence-electron chi connectivity index (χ4n) is 0.933. The Kier molecular flexibility index (Phi) is 2.88. The van der Waals surface area contributed by atoms with E-state index >= 15 is 0 Å². The monoisotopic (exact) mass is 214 g/mol. The number of aromatic nitrogens is 2. The van der Waals surface area contributed by atoms with Crippen molar-refractivity contribution in [3.8, 4) is 6.01 Å². The SMILES string of the molecule is COc1nc(C(=O)N(C)C)c([N+](=O)[O-])[nH]1. The van der Waals surface area contributed by atoms with Gasteiger partial charge in [0.2, 0.25) is 5.69 Å². The van der Waals surface area contributed by atoms with Crippen LogP contribution < -0.4 is 4.74 Å². The van der Waals surface area contributed by atoms with Gasteiger partial charge in [-0.3, -0.25) is 4.79 Å². The molecule has 82 valence electrons. The molecule has 0 radical (unpaired) electrons. The predicted octanol–water partition coefficient (Wildman–Crippen LogP) is 0.0283. The van der Waals surface area contributed by atoms with Crippen LogP contribution in [0.3, 0.4) is 0 Å². The highest BCUT2D eigenvalue weighted by Crippen LogP contribution is 2.19. The van der Waals surface area contributed by atoms with E-state index in [2.05, 4.69) is 14.7 Å². The number of carbonyl (C=O) groups excluding carboxylic acids is 1. The minimum atomic E-state index is -0.716. The predicted molar refractivity (Wildman–Crippen MR) is 49.8 cm³/mol. The van der Waals surface area contributed by atoms with E-state index in [1.165, 1.54) is 26.1 Å². The highest BCUT2D eigenvalue weighted by molar-refractivity contribution is 5.95. The Bertz CT molecular complexity index is 398. The van der Waals surface area contributed by atoms with Gasteiger partial charge in [0.25, 0.3) is 5.91 Å². The van der Waals surface area contributed by atoms with Crippen LogP contribution in [-0.4, -0.2) is 46.9 Å². The Balaban J connectivity index is 3.20. The molecule has 0 fully saturated rings. The van der Waals surface area contributed by atoms with E-state index < -0.39 is 16.6 Å². The Morgan fingerprint density at radius 3 is 2.60 bits per heavy atom. The van der Waals surface area contributed by atoms with Gasteiger partial charge in [0.15, 0.2) is 0 Å². The number of rotatable bonds is 3. The average molecular weight is 214 g/mol. The summed E-state index contributed by atoms with van der Waals surface area (Å²) >= 11 is 0. The molecule has 1 aromatic heterocycles. The zero-order chi connectivity index (χ0) is 11.6. The molecule has 0 unspecified atom stereocenters. The van der Waals surface area contributed by atoms with Crippen molar-refractivity contribution in [2.75, 3.05) is 21.2 Å². The Morgan fingerprint density at radius 1 is 1.60 bits per heavy atom. The second-order valence-corrected chi connectivity index (χ2v) is 2.90. The van der Waals surface area contributed by atoms with Crippen LogP contribution in [0.2, 0.25) is 0 Å². The van der Waals surface area contributed by atoms with E-state index in [-0.39, 0.29) is 11.7 Å². The largest absolute Gasteiger partial charge is 0.451 e. The molecule has 8 heteroatoms. The number of imidazole rings is 1. The summed E-state index contributed by atoms with van der Waals surface area (Å²) in [6.07, 6.45) is 0. The number of carbonyl (C=O) groups is 1. The Labute approximate surface area is 85.0 Å². The number of methoxy groups -OCH3 is 1. The lowest BCUT2D eigenvalue weighted by Gasteiger charge is -2.06. The van der Waals surface area contributed by atoms with E-state index in [0.29, 0.717) is 0 Å². The van der Waals surface area contributed by atoms with Crippen molar-refractivity contribution in [1.82, 2.24) is 14.9 Å². The Morgan fingerprint density at radius 2 is 2.20 bits per heavy atom. The van der Waals surface area contributed by atoms with Gasteiger partial charge in [-0.2, -0.15) is 9.97 Å². The number of hydrogen-bond acceptors (Lipinski definition) is 5. The van der Waals surface area contributed by atoms with Crippen molar-refractivity contribution in [3.63, 3.8) is 0 Å². The number of ether oxygens (including phenoxy) is 1. The van der Waals surface area contributed by atoms with Crippen molar-refractivity contribution in [1.29, 1.82) is 0 Å². The molecule has 1 aromatic rings. The van der Waals surface area contributed by atoms with Crippen LogP contribution >= 0.6 is 0 Å². The third-order valence-corrected chi connectivity index (χ3v) is 1.65. The molecule has 0 spiro atoms. The number of nitro groups is 1. The summed E-state index contributed by atoms with van der Waals surface area (Å²) in [5.41, 5.74) is -0.262. The molecule has 0 aliphatic carbocycles. The molecule has 0 aliphatic heterocycles. The van der Waals surface area contributed by atoms with Crippen LogP contribution in [0.5, 0.6) is 6.01 Å². The maximum absolute atomic E-state index is 11.5. The van der Waals surface area contributed by atoms with Gasteiger partial charge in [0, 0.05) is 14.1 Å². The number of aromatic amines is 1. The molecular weight excluding hydrogens is 204 g/mol.